The molecular formula is C13H15ClF2O. The molecule has 0 amide bonds. The second kappa shape index (κ2) is 6.10. The molecule has 1 nitrogen and oxygen atoms in total. The van der Waals surface area contributed by atoms with Gasteiger partial charge in [0.25, 0.3) is 0 Å². The Balaban J connectivity index is 2.93. The van der Waals surface area contributed by atoms with Crippen molar-refractivity contribution in [3.8, 4) is 0 Å². The highest BCUT2D eigenvalue weighted by atomic mass is 35.5. The molecular weight excluding hydrogens is 246 g/mol. The van der Waals surface area contributed by atoms with Crippen molar-refractivity contribution in [2.45, 2.75) is 33.1 Å². The molecule has 0 aliphatic carbocycles. The Hall–Kier alpha value is -0.960. The SMILES string of the molecule is CCC(CC)CC(=O)c1cc(F)c(Cl)cc1F. The maximum Gasteiger partial charge on any atom is 0.166 e. The van der Waals surface area contributed by atoms with E-state index in [1.54, 1.807) is 0 Å². The van der Waals surface area contributed by atoms with Gasteiger partial charge in [-0.2, -0.15) is 0 Å². The summed E-state index contributed by atoms with van der Waals surface area (Å²) in [5, 5.41) is -0.304. The molecule has 0 saturated heterocycles. The minimum absolute atomic E-state index is 0.209. The highest BCUT2D eigenvalue weighted by Crippen LogP contribution is 2.23. The van der Waals surface area contributed by atoms with E-state index in [2.05, 4.69) is 0 Å². The average Bonchev–Trinajstić information content (AvgIpc) is 2.30. The second-order valence-electron chi connectivity index (χ2n) is 4.06. The van der Waals surface area contributed by atoms with E-state index < -0.39 is 11.6 Å². The Morgan fingerprint density at radius 1 is 1.24 bits per heavy atom. The molecule has 0 fully saturated rings. The van der Waals surface area contributed by atoms with E-state index in [0.717, 1.165) is 25.0 Å². The molecule has 0 aliphatic heterocycles. The number of ketones is 1. The predicted octanol–water partition coefficient (Wildman–Crippen LogP) is 4.63. The maximum absolute atomic E-state index is 13.5. The van der Waals surface area contributed by atoms with Crippen molar-refractivity contribution in [1.82, 2.24) is 0 Å². The zero-order chi connectivity index (χ0) is 13.0. The van der Waals surface area contributed by atoms with Crippen LogP contribution in [0.3, 0.4) is 0 Å². The van der Waals surface area contributed by atoms with E-state index in [0.29, 0.717) is 0 Å². The smallest absolute Gasteiger partial charge is 0.166 e. The lowest BCUT2D eigenvalue weighted by atomic mass is 9.94. The Bertz CT molecular complexity index is 414. The molecule has 1 aromatic rings. The summed E-state index contributed by atoms with van der Waals surface area (Å²) in [6.45, 7) is 3.94. The Labute approximate surface area is 105 Å². The van der Waals surface area contributed by atoms with Gasteiger partial charge in [-0.25, -0.2) is 8.78 Å². The van der Waals surface area contributed by atoms with E-state index in [9.17, 15) is 13.6 Å². The largest absolute Gasteiger partial charge is 0.294 e. The van der Waals surface area contributed by atoms with Crippen LogP contribution in [0.25, 0.3) is 0 Å². The molecule has 4 heteroatoms. The van der Waals surface area contributed by atoms with Gasteiger partial charge in [0.1, 0.15) is 11.6 Å². The van der Waals surface area contributed by atoms with Gasteiger partial charge >= 0.3 is 0 Å². The molecule has 94 valence electrons. The van der Waals surface area contributed by atoms with Gasteiger partial charge in [0.15, 0.2) is 5.78 Å². The normalized spacial score (nSPS) is 10.9. The second-order valence-corrected chi connectivity index (χ2v) is 4.46. The number of benzene rings is 1. The van der Waals surface area contributed by atoms with Crippen LogP contribution in [-0.2, 0) is 0 Å². The summed E-state index contributed by atoms with van der Waals surface area (Å²) >= 11 is 5.42. The Kier molecular flexibility index (Phi) is 5.06. The van der Waals surface area contributed by atoms with Gasteiger partial charge in [-0.05, 0) is 18.1 Å². The van der Waals surface area contributed by atoms with E-state index in [1.165, 1.54) is 0 Å². The first kappa shape index (κ1) is 14.1. The summed E-state index contributed by atoms with van der Waals surface area (Å²) in [5.74, 6) is -1.68. The third-order valence-corrected chi connectivity index (χ3v) is 3.23. The highest BCUT2D eigenvalue weighted by molar-refractivity contribution is 6.30. The quantitative estimate of drug-likeness (QED) is 0.557. The minimum Gasteiger partial charge on any atom is -0.294 e. The standard InChI is InChI=1S/C13H15ClF2O/c1-3-8(4-2)5-13(17)9-6-12(16)10(14)7-11(9)15/h6-8H,3-5H2,1-2H3. The van der Waals surface area contributed by atoms with E-state index in [1.807, 2.05) is 13.8 Å². The van der Waals surface area contributed by atoms with Crippen LogP contribution in [0.2, 0.25) is 5.02 Å². The first-order valence-electron chi connectivity index (χ1n) is 5.67. The zero-order valence-corrected chi connectivity index (χ0v) is 10.7. The van der Waals surface area contributed by atoms with Crippen molar-refractivity contribution in [1.29, 1.82) is 0 Å². The molecule has 0 saturated carbocycles. The Morgan fingerprint density at radius 2 is 1.82 bits per heavy atom. The molecule has 0 bridgehead atoms. The van der Waals surface area contributed by atoms with E-state index in [-0.39, 0.29) is 28.7 Å². The summed E-state index contributed by atoms with van der Waals surface area (Å²) in [6, 6.07) is 1.72. The number of hydrogen-bond donors (Lipinski definition) is 0. The fourth-order valence-electron chi connectivity index (χ4n) is 1.69. The lowest BCUT2D eigenvalue weighted by Gasteiger charge is -2.11. The summed E-state index contributed by atoms with van der Waals surface area (Å²) in [4.78, 5) is 11.8. The molecule has 1 rings (SSSR count). The molecule has 0 spiro atoms. The van der Waals surface area contributed by atoms with Crippen LogP contribution >= 0.6 is 11.6 Å². The summed E-state index contributed by atoms with van der Waals surface area (Å²) < 4.78 is 26.6. The van der Waals surface area contributed by atoms with Gasteiger partial charge in [0, 0.05) is 6.42 Å². The topological polar surface area (TPSA) is 17.1 Å². The van der Waals surface area contributed by atoms with E-state index >= 15 is 0 Å². The van der Waals surface area contributed by atoms with Crippen LogP contribution in [0.4, 0.5) is 8.78 Å². The molecule has 0 atom stereocenters. The van der Waals surface area contributed by atoms with Crippen LogP contribution in [0.1, 0.15) is 43.5 Å². The number of Topliss-reactive ketones (excluding diaryl/α,β-unsaturated/α-hetero) is 1. The van der Waals surface area contributed by atoms with Crippen LogP contribution in [0, 0.1) is 17.6 Å². The van der Waals surface area contributed by atoms with Crippen LogP contribution in [-0.4, -0.2) is 5.78 Å². The molecule has 17 heavy (non-hydrogen) atoms. The average molecular weight is 261 g/mol. The zero-order valence-electron chi connectivity index (χ0n) is 9.90. The van der Waals surface area contributed by atoms with Crippen molar-refractivity contribution in [2.24, 2.45) is 5.92 Å². The van der Waals surface area contributed by atoms with Gasteiger partial charge in [-0.15, -0.1) is 0 Å². The lowest BCUT2D eigenvalue weighted by molar-refractivity contribution is 0.0954. The molecule has 0 heterocycles. The molecule has 0 aromatic heterocycles. The van der Waals surface area contributed by atoms with Crippen molar-refractivity contribution < 1.29 is 13.6 Å². The summed E-state index contributed by atoms with van der Waals surface area (Å²) in [5.41, 5.74) is -0.209. The fourth-order valence-corrected chi connectivity index (χ4v) is 1.84. The first-order valence-corrected chi connectivity index (χ1v) is 6.05. The number of hydrogen-bond acceptors (Lipinski definition) is 1. The highest BCUT2D eigenvalue weighted by Gasteiger charge is 2.18. The molecule has 0 aliphatic rings. The third kappa shape index (κ3) is 3.50. The van der Waals surface area contributed by atoms with E-state index in [4.69, 9.17) is 11.6 Å². The van der Waals surface area contributed by atoms with Crippen molar-refractivity contribution in [3.05, 3.63) is 34.4 Å². The summed E-state index contributed by atoms with van der Waals surface area (Å²) in [7, 11) is 0. The monoisotopic (exact) mass is 260 g/mol. The molecule has 1 aromatic carbocycles. The molecule has 0 N–H and O–H groups in total. The van der Waals surface area contributed by atoms with Crippen LogP contribution < -0.4 is 0 Å². The number of rotatable bonds is 5. The van der Waals surface area contributed by atoms with Gasteiger partial charge < -0.3 is 0 Å². The third-order valence-electron chi connectivity index (χ3n) is 2.94. The van der Waals surface area contributed by atoms with Crippen LogP contribution in [0.5, 0.6) is 0 Å². The number of carbonyl (C=O) groups is 1. The number of carbonyl (C=O) groups excluding carboxylic acids is 1. The summed E-state index contributed by atoms with van der Waals surface area (Å²) in [6.07, 6.45) is 1.94. The first-order chi connectivity index (χ1) is 7.99. The van der Waals surface area contributed by atoms with Gasteiger partial charge in [-0.1, -0.05) is 38.3 Å². The number of halogens is 3. The fraction of sp³-hybridized carbons (Fsp3) is 0.462. The molecule has 0 radical (unpaired) electrons. The predicted molar refractivity (Wildman–Crippen MR) is 64.4 cm³/mol. The van der Waals surface area contributed by atoms with Gasteiger partial charge in [0.05, 0.1) is 10.6 Å². The molecule has 0 unspecified atom stereocenters. The van der Waals surface area contributed by atoms with Gasteiger partial charge in [0.2, 0.25) is 0 Å². The Morgan fingerprint density at radius 3 is 2.35 bits per heavy atom. The van der Waals surface area contributed by atoms with Crippen LogP contribution in [0.15, 0.2) is 12.1 Å². The van der Waals surface area contributed by atoms with Crippen molar-refractivity contribution in [3.63, 3.8) is 0 Å². The van der Waals surface area contributed by atoms with Gasteiger partial charge in [-0.3, -0.25) is 4.79 Å². The maximum atomic E-state index is 13.5. The minimum atomic E-state index is -0.763. The van der Waals surface area contributed by atoms with Crippen molar-refractivity contribution in [2.75, 3.05) is 0 Å². The van der Waals surface area contributed by atoms with Crippen molar-refractivity contribution >= 4 is 17.4 Å². The lowest BCUT2D eigenvalue weighted by Crippen LogP contribution is -2.09.